The lowest BCUT2D eigenvalue weighted by Crippen LogP contribution is -2.37. The van der Waals surface area contributed by atoms with Crippen LogP contribution in [0.15, 0.2) is 0 Å². The smallest absolute Gasteiger partial charge is 0.322 e. The van der Waals surface area contributed by atoms with E-state index in [-0.39, 0.29) is 5.97 Å². The van der Waals surface area contributed by atoms with Crippen molar-refractivity contribution < 1.29 is 9.53 Å². The van der Waals surface area contributed by atoms with Crippen LogP contribution in [-0.2, 0) is 9.53 Å². The first-order valence-corrected chi connectivity index (χ1v) is 6.31. The first-order valence-electron chi connectivity index (χ1n) is 6.31. The number of carbonyl (C=O) groups excluding carboxylic acids is 1. The molecule has 0 aromatic heterocycles. The number of hydrogen-bond donors (Lipinski definition) is 1. The standard InChI is InChI=1S/C12H24N2O2/c1-3-14(9-10-5-6-10)8-7-11(13)12(15)16-4-2/h10-11H,3-9,13H2,1-2H3. The second-order valence-corrected chi connectivity index (χ2v) is 4.48. The maximum absolute atomic E-state index is 11.3. The van der Waals surface area contributed by atoms with E-state index < -0.39 is 6.04 Å². The zero-order valence-electron chi connectivity index (χ0n) is 10.4. The molecule has 1 saturated carbocycles. The van der Waals surface area contributed by atoms with E-state index in [2.05, 4.69) is 11.8 Å². The molecule has 0 aliphatic heterocycles. The third-order valence-electron chi connectivity index (χ3n) is 3.01. The predicted octanol–water partition coefficient (Wildman–Crippen LogP) is 0.999. The van der Waals surface area contributed by atoms with E-state index in [4.69, 9.17) is 10.5 Å². The van der Waals surface area contributed by atoms with Crippen molar-refractivity contribution in [1.29, 1.82) is 0 Å². The minimum atomic E-state index is -0.465. The minimum Gasteiger partial charge on any atom is -0.465 e. The van der Waals surface area contributed by atoms with Gasteiger partial charge in [-0.25, -0.2) is 0 Å². The summed E-state index contributed by atoms with van der Waals surface area (Å²) < 4.78 is 4.88. The first-order chi connectivity index (χ1) is 7.67. The summed E-state index contributed by atoms with van der Waals surface area (Å²) in [5, 5.41) is 0. The van der Waals surface area contributed by atoms with Crippen LogP contribution in [0, 0.1) is 5.92 Å². The number of ether oxygens (including phenoxy) is 1. The number of esters is 1. The van der Waals surface area contributed by atoms with Crippen LogP contribution in [0.25, 0.3) is 0 Å². The molecule has 0 radical (unpaired) electrons. The summed E-state index contributed by atoms with van der Waals surface area (Å²) in [6.07, 6.45) is 3.42. The van der Waals surface area contributed by atoms with Gasteiger partial charge in [-0.1, -0.05) is 6.92 Å². The van der Waals surface area contributed by atoms with Crippen LogP contribution in [0.5, 0.6) is 0 Å². The normalized spacial score (nSPS) is 17.5. The fraction of sp³-hybridized carbons (Fsp3) is 0.917. The molecule has 4 heteroatoms. The highest BCUT2D eigenvalue weighted by Gasteiger charge is 2.24. The largest absolute Gasteiger partial charge is 0.465 e. The summed E-state index contributed by atoms with van der Waals surface area (Å²) in [6, 6.07) is -0.465. The Morgan fingerprint density at radius 3 is 2.69 bits per heavy atom. The molecular weight excluding hydrogens is 204 g/mol. The van der Waals surface area contributed by atoms with Gasteiger partial charge in [-0.15, -0.1) is 0 Å². The molecule has 0 amide bonds. The van der Waals surface area contributed by atoms with E-state index in [0.29, 0.717) is 13.0 Å². The van der Waals surface area contributed by atoms with Crippen molar-refractivity contribution in [1.82, 2.24) is 4.90 Å². The van der Waals surface area contributed by atoms with Crippen LogP contribution < -0.4 is 5.73 Å². The molecule has 2 N–H and O–H groups in total. The summed E-state index contributed by atoms with van der Waals surface area (Å²) in [4.78, 5) is 13.7. The summed E-state index contributed by atoms with van der Waals surface area (Å²) in [5.41, 5.74) is 5.75. The lowest BCUT2D eigenvalue weighted by Gasteiger charge is -2.21. The van der Waals surface area contributed by atoms with E-state index in [1.165, 1.54) is 12.8 Å². The van der Waals surface area contributed by atoms with E-state index in [9.17, 15) is 4.79 Å². The molecule has 0 saturated heterocycles. The molecule has 16 heavy (non-hydrogen) atoms. The molecule has 1 unspecified atom stereocenters. The molecule has 1 rings (SSSR count). The maximum atomic E-state index is 11.3. The summed E-state index contributed by atoms with van der Waals surface area (Å²) >= 11 is 0. The number of rotatable bonds is 8. The van der Waals surface area contributed by atoms with Crippen molar-refractivity contribution >= 4 is 5.97 Å². The Bertz CT molecular complexity index is 217. The van der Waals surface area contributed by atoms with Gasteiger partial charge >= 0.3 is 5.97 Å². The van der Waals surface area contributed by atoms with Crippen molar-refractivity contribution in [2.75, 3.05) is 26.2 Å². The van der Waals surface area contributed by atoms with Crippen molar-refractivity contribution in [2.45, 2.75) is 39.2 Å². The Hall–Kier alpha value is -0.610. The van der Waals surface area contributed by atoms with E-state index in [1.54, 1.807) is 6.92 Å². The van der Waals surface area contributed by atoms with Gasteiger partial charge in [0, 0.05) is 13.1 Å². The Kier molecular flexibility index (Phi) is 5.77. The number of nitrogens with zero attached hydrogens (tertiary/aromatic N) is 1. The van der Waals surface area contributed by atoms with Crippen molar-refractivity contribution in [3.05, 3.63) is 0 Å². The number of carbonyl (C=O) groups is 1. The van der Waals surface area contributed by atoms with E-state index in [0.717, 1.165) is 25.6 Å². The van der Waals surface area contributed by atoms with Gasteiger partial charge in [0.25, 0.3) is 0 Å². The fourth-order valence-corrected chi connectivity index (χ4v) is 1.73. The zero-order valence-corrected chi connectivity index (χ0v) is 10.4. The highest BCUT2D eigenvalue weighted by Crippen LogP contribution is 2.29. The van der Waals surface area contributed by atoms with Crippen LogP contribution in [0.3, 0.4) is 0 Å². The van der Waals surface area contributed by atoms with E-state index >= 15 is 0 Å². The Labute approximate surface area is 98.1 Å². The third-order valence-corrected chi connectivity index (χ3v) is 3.01. The number of nitrogens with two attached hydrogens (primary N) is 1. The van der Waals surface area contributed by atoms with Crippen LogP contribution in [-0.4, -0.2) is 43.2 Å². The average Bonchev–Trinajstić information content (AvgIpc) is 3.07. The molecule has 1 fully saturated rings. The van der Waals surface area contributed by atoms with Gasteiger partial charge in [-0.05, 0) is 38.6 Å². The monoisotopic (exact) mass is 228 g/mol. The van der Waals surface area contributed by atoms with Gasteiger partial charge in [-0.3, -0.25) is 4.79 Å². The topological polar surface area (TPSA) is 55.6 Å². The Morgan fingerprint density at radius 1 is 1.50 bits per heavy atom. The summed E-state index contributed by atoms with van der Waals surface area (Å²) in [5.74, 6) is 0.615. The maximum Gasteiger partial charge on any atom is 0.322 e. The molecule has 0 heterocycles. The van der Waals surface area contributed by atoms with Crippen LogP contribution >= 0.6 is 0 Å². The zero-order chi connectivity index (χ0) is 12.0. The molecule has 1 atom stereocenters. The van der Waals surface area contributed by atoms with Crippen LogP contribution in [0.2, 0.25) is 0 Å². The highest BCUT2D eigenvalue weighted by molar-refractivity contribution is 5.75. The van der Waals surface area contributed by atoms with Gasteiger partial charge < -0.3 is 15.4 Å². The lowest BCUT2D eigenvalue weighted by atomic mass is 10.2. The Balaban J connectivity index is 2.16. The lowest BCUT2D eigenvalue weighted by molar-refractivity contribution is -0.144. The molecule has 4 nitrogen and oxygen atoms in total. The fourth-order valence-electron chi connectivity index (χ4n) is 1.73. The molecular formula is C12H24N2O2. The molecule has 0 aromatic rings. The summed E-state index contributed by atoms with van der Waals surface area (Å²) in [6.45, 7) is 7.45. The van der Waals surface area contributed by atoms with Gasteiger partial charge in [0.2, 0.25) is 0 Å². The quantitative estimate of drug-likeness (QED) is 0.630. The van der Waals surface area contributed by atoms with Gasteiger partial charge in [-0.2, -0.15) is 0 Å². The second-order valence-electron chi connectivity index (χ2n) is 4.48. The second kappa shape index (κ2) is 6.86. The van der Waals surface area contributed by atoms with Gasteiger partial charge in [0.05, 0.1) is 6.61 Å². The molecule has 1 aliphatic rings. The van der Waals surface area contributed by atoms with Crippen LogP contribution in [0.4, 0.5) is 0 Å². The van der Waals surface area contributed by atoms with Crippen molar-refractivity contribution in [3.63, 3.8) is 0 Å². The first kappa shape index (κ1) is 13.5. The van der Waals surface area contributed by atoms with Crippen molar-refractivity contribution in [3.8, 4) is 0 Å². The predicted molar refractivity (Wildman–Crippen MR) is 64.1 cm³/mol. The van der Waals surface area contributed by atoms with Crippen molar-refractivity contribution in [2.24, 2.45) is 11.7 Å². The average molecular weight is 228 g/mol. The van der Waals surface area contributed by atoms with E-state index in [1.807, 2.05) is 0 Å². The summed E-state index contributed by atoms with van der Waals surface area (Å²) in [7, 11) is 0. The third kappa shape index (κ3) is 4.94. The van der Waals surface area contributed by atoms with Gasteiger partial charge in [0.1, 0.15) is 6.04 Å². The molecule has 0 spiro atoms. The Morgan fingerprint density at radius 2 is 2.19 bits per heavy atom. The number of hydrogen-bond acceptors (Lipinski definition) is 4. The van der Waals surface area contributed by atoms with Gasteiger partial charge in [0.15, 0.2) is 0 Å². The minimum absolute atomic E-state index is 0.273. The SMILES string of the molecule is CCOC(=O)C(N)CCN(CC)CC1CC1. The highest BCUT2D eigenvalue weighted by atomic mass is 16.5. The molecule has 1 aliphatic carbocycles. The molecule has 0 aromatic carbocycles. The van der Waals surface area contributed by atoms with Crippen LogP contribution in [0.1, 0.15) is 33.1 Å². The molecule has 94 valence electrons. The molecule has 0 bridgehead atoms.